The number of nitrogens with zero attached hydrogens (tertiary/aromatic N) is 1. The molecule has 1 aromatic heterocycles. The summed E-state index contributed by atoms with van der Waals surface area (Å²) >= 11 is 3.61. The van der Waals surface area contributed by atoms with Crippen LogP contribution >= 0.6 is 15.9 Å². The highest BCUT2D eigenvalue weighted by Crippen LogP contribution is 2.34. The average Bonchev–Trinajstić information content (AvgIpc) is 2.88. The molecule has 3 aromatic carbocycles. The molecular formula is C28H25BrFNO3. The highest BCUT2D eigenvalue weighted by Gasteiger charge is 2.18. The quantitative estimate of drug-likeness (QED) is 0.220. The van der Waals surface area contributed by atoms with Crippen molar-refractivity contribution in [2.45, 2.75) is 20.0 Å². The molecule has 0 saturated carbocycles. The fraction of sp³-hybridized carbons (Fsp3) is 0.179. The maximum absolute atomic E-state index is 15.2. The molecule has 0 N–H and O–H groups in total. The maximum Gasteiger partial charge on any atom is 0.188 e. The summed E-state index contributed by atoms with van der Waals surface area (Å²) in [5, 5.41) is 0. The fourth-order valence-corrected chi connectivity index (χ4v) is 4.27. The summed E-state index contributed by atoms with van der Waals surface area (Å²) in [7, 11) is 1.58. The lowest BCUT2D eigenvalue weighted by Crippen LogP contribution is -2.05. The minimum absolute atomic E-state index is 0.126. The lowest BCUT2D eigenvalue weighted by atomic mass is 10.0. The van der Waals surface area contributed by atoms with Crippen molar-refractivity contribution in [3.63, 3.8) is 0 Å². The third kappa shape index (κ3) is 5.64. The molecule has 4 rings (SSSR count). The van der Waals surface area contributed by atoms with Crippen molar-refractivity contribution in [2.24, 2.45) is 0 Å². The van der Waals surface area contributed by atoms with Crippen LogP contribution in [0.5, 0.6) is 11.5 Å². The Labute approximate surface area is 207 Å². The van der Waals surface area contributed by atoms with Gasteiger partial charge in [-0.1, -0.05) is 76.6 Å². The molecule has 0 aliphatic carbocycles. The number of ether oxygens (including phenoxy) is 3. The predicted octanol–water partition coefficient (Wildman–Crippen LogP) is 7.11. The molecular weight excluding hydrogens is 497 g/mol. The lowest BCUT2D eigenvalue weighted by molar-refractivity contribution is 0.0513. The normalized spacial score (nSPS) is 10.8. The summed E-state index contributed by atoms with van der Waals surface area (Å²) in [6.07, 6.45) is 0.451. The van der Waals surface area contributed by atoms with Gasteiger partial charge in [0.25, 0.3) is 0 Å². The van der Waals surface area contributed by atoms with E-state index >= 15 is 4.39 Å². The van der Waals surface area contributed by atoms with Crippen LogP contribution < -0.4 is 9.47 Å². The zero-order valence-corrected chi connectivity index (χ0v) is 20.6. The Balaban J connectivity index is 1.61. The van der Waals surface area contributed by atoms with Gasteiger partial charge in [-0.2, -0.15) is 0 Å². The molecule has 0 aliphatic rings. The number of hydrogen-bond acceptors (Lipinski definition) is 4. The van der Waals surface area contributed by atoms with E-state index < -0.39 is 0 Å². The molecule has 0 aliphatic heterocycles. The van der Waals surface area contributed by atoms with Gasteiger partial charge in [0.15, 0.2) is 18.4 Å². The van der Waals surface area contributed by atoms with E-state index in [9.17, 15) is 0 Å². The number of halogens is 2. The van der Waals surface area contributed by atoms with Crippen molar-refractivity contribution >= 4 is 15.9 Å². The van der Waals surface area contributed by atoms with E-state index in [0.29, 0.717) is 30.0 Å². The molecule has 0 unspecified atom stereocenters. The van der Waals surface area contributed by atoms with Gasteiger partial charge in [0.1, 0.15) is 18.1 Å². The maximum atomic E-state index is 15.2. The van der Waals surface area contributed by atoms with Gasteiger partial charge in [-0.25, -0.2) is 9.37 Å². The number of methoxy groups -OCH3 is 1. The Bertz CT molecular complexity index is 1250. The van der Waals surface area contributed by atoms with E-state index in [1.165, 1.54) is 0 Å². The second-order valence-electron chi connectivity index (χ2n) is 7.79. The van der Waals surface area contributed by atoms with Crippen LogP contribution in [0.2, 0.25) is 0 Å². The lowest BCUT2D eigenvalue weighted by Gasteiger charge is -2.16. The number of rotatable bonds is 9. The third-order valence-corrected chi connectivity index (χ3v) is 6.14. The van der Waals surface area contributed by atoms with Crippen molar-refractivity contribution in [2.75, 3.05) is 13.9 Å². The minimum Gasteiger partial charge on any atom is -0.486 e. The number of pyridine rings is 1. The first kappa shape index (κ1) is 23.9. The van der Waals surface area contributed by atoms with Crippen molar-refractivity contribution in [1.29, 1.82) is 0 Å². The molecule has 1 heterocycles. The van der Waals surface area contributed by atoms with E-state index in [2.05, 4.69) is 15.9 Å². The van der Waals surface area contributed by atoms with Gasteiger partial charge in [-0.15, -0.1) is 0 Å². The largest absolute Gasteiger partial charge is 0.486 e. The van der Waals surface area contributed by atoms with E-state index in [1.54, 1.807) is 20.1 Å². The summed E-state index contributed by atoms with van der Waals surface area (Å²) in [5.74, 6) is 0.485. The average molecular weight is 522 g/mol. The van der Waals surface area contributed by atoms with E-state index in [-0.39, 0.29) is 18.4 Å². The van der Waals surface area contributed by atoms with Crippen molar-refractivity contribution < 1.29 is 18.6 Å². The zero-order valence-electron chi connectivity index (χ0n) is 19.1. The van der Waals surface area contributed by atoms with Crippen LogP contribution in [0.15, 0.2) is 83.3 Å². The molecule has 4 nitrogen and oxygen atoms in total. The van der Waals surface area contributed by atoms with Crippen molar-refractivity contribution in [3.05, 3.63) is 112 Å². The summed E-state index contributed by atoms with van der Waals surface area (Å²) in [6.45, 7) is 2.19. The SMILES string of the molecule is COCOc1ccc(Cc2c(Br)cc(OCc3ccccc3)c(F)c2C)nc1-c1ccccc1. The molecule has 0 bridgehead atoms. The molecule has 0 saturated heterocycles. The molecule has 0 radical (unpaired) electrons. The standard InChI is InChI=1S/C28H25BrFNO3/c1-19-23(24(29)16-26(27(19)30)33-17-20-9-5-3-6-10-20)15-22-13-14-25(34-18-32-2)28(31-22)21-11-7-4-8-12-21/h3-14,16H,15,17-18H2,1-2H3. The Hall–Kier alpha value is -3.22. The summed E-state index contributed by atoms with van der Waals surface area (Å²) < 4.78 is 32.5. The summed E-state index contributed by atoms with van der Waals surface area (Å²) in [6, 6.07) is 25.0. The van der Waals surface area contributed by atoms with Crippen LogP contribution in [0.3, 0.4) is 0 Å². The van der Waals surface area contributed by atoms with E-state index in [1.807, 2.05) is 72.8 Å². The van der Waals surface area contributed by atoms with Crippen molar-refractivity contribution in [3.8, 4) is 22.8 Å². The molecule has 0 spiro atoms. The molecule has 34 heavy (non-hydrogen) atoms. The first-order valence-electron chi connectivity index (χ1n) is 10.9. The predicted molar refractivity (Wildman–Crippen MR) is 135 cm³/mol. The van der Waals surface area contributed by atoms with Gasteiger partial charge in [0.2, 0.25) is 0 Å². The monoisotopic (exact) mass is 521 g/mol. The van der Waals surface area contributed by atoms with Crippen LogP contribution in [0, 0.1) is 12.7 Å². The number of hydrogen-bond donors (Lipinski definition) is 0. The first-order chi connectivity index (χ1) is 16.6. The topological polar surface area (TPSA) is 40.6 Å². The molecule has 6 heteroatoms. The Kier molecular flexibility index (Phi) is 7.93. The van der Waals surface area contributed by atoms with Crippen LogP contribution in [0.25, 0.3) is 11.3 Å². The Morgan fingerprint density at radius 2 is 1.59 bits per heavy atom. The minimum atomic E-state index is -0.363. The van der Waals surface area contributed by atoms with Gasteiger partial charge in [-0.3, -0.25) is 0 Å². The number of benzene rings is 3. The van der Waals surface area contributed by atoms with Gasteiger partial charge >= 0.3 is 0 Å². The zero-order chi connectivity index (χ0) is 23.9. The van der Waals surface area contributed by atoms with Crippen LogP contribution in [-0.2, 0) is 17.8 Å². The van der Waals surface area contributed by atoms with E-state index in [0.717, 1.165) is 26.9 Å². The molecule has 0 fully saturated rings. The Morgan fingerprint density at radius 1 is 0.882 bits per heavy atom. The smallest absolute Gasteiger partial charge is 0.188 e. The highest BCUT2D eigenvalue weighted by molar-refractivity contribution is 9.10. The molecule has 0 amide bonds. The van der Waals surface area contributed by atoms with Gasteiger partial charge in [-0.05, 0) is 41.8 Å². The van der Waals surface area contributed by atoms with Gasteiger partial charge in [0, 0.05) is 29.3 Å². The van der Waals surface area contributed by atoms with Crippen LogP contribution in [0.1, 0.15) is 22.4 Å². The van der Waals surface area contributed by atoms with Gasteiger partial charge in [0.05, 0.1) is 0 Å². The third-order valence-electron chi connectivity index (χ3n) is 5.43. The van der Waals surface area contributed by atoms with Crippen LogP contribution in [-0.4, -0.2) is 18.9 Å². The first-order valence-corrected chi connectivity index (χ1v) is 11.7. The molecule has 0 atom stereocenters. The second kappa shape index (κ2) is 11.3. The molecule has 174 valence electrons. The second-order valence-corrected chi connectivity index (χ2v) is 8.65. The summed E-state index contributed by atoms with van der Waals surface area (Å²) in [4.78, 5) is 4.85. The van der Waals surface area contributed by atoms with E-state index in [4.69, 9.17) is 19.2 Å². The number of aromatic nitrogens is 1. The highest BCUT2D eigenvalue weighted by atomic mass is 79.9. The molecule has 4 aromatic rings. The Morgan fingerprint density at radius 3 is 2.29 bits per heavy atom. The van der Waals surface area contributed by atoms with Gasteiger partial charge < -0.3 is 14.2 Å². The van der Waals surface area contributed by atoms with Crippen molar-refractivity contribution in [1.82, 2.24) is 4.98 Å². The van der Waals surface area contributed by atoms with Crippen LogP contribution in [0.4, 0.5) is 4.39 Å². The summed E-state index contributed by atoms with van der Waals surface area (Å²) in [5.41, 5.74) is 4.77. The fourth-order valence-electron chi connectivity index (χ4n) is 3.63.